The van der Waals surface area contributed by atoms with Gasteiger partial charge >= 0.3 is 0 Å². The average molecular weight is 437 g/mol. The number of carbonyl (C=O) groups is 1. The summed E-state index contributed by atoms with van der Waals surface area (Å²) in [6.45, 7) is 4.05. The summed E-state index contributed by atoms with van der Waals surface area (Å²) in [6.07, 6.45) is 5.83. The second-order valence-electron chi connectivity index (χ2n) is 7.59. The van der Waals surface area contributed by atoms with E-state index in [1.807, 2.05) is 67.6 Å². The average Bonchev–Trinajstić information content (AvgIpc) is 3.36. The number of nitrogens with zero attached hydrogens (tertiary/aromatic N) is 2. The van der Waals surface area contributed by atoms with E-state index >= 15 is 0 Å². The van der Waals surface area contributed by atoms with Crippen LogP contribution in [0.15, 0.2) is 97.3 Å². The third-order valence-corrected chi connectivity index (χ3v) is 5.20. The molecule has 0 aliphatic heterocycles. The van der Waals surface area contributed by atoms with Crippen molar-refractivity contribution in [3.8, 4) is 16.9 Å². The fraction of sp³-hybridized carbons (Fsp3) is 0.0741. The predicted molar refractivity (Wildman–Crippen MR) is 131 cm³/mol. The zero-order valence-corrected chi connectivity index (χ0v) is 18.4. The largest absolute Gasteiger partial charge is 0.449 e. The minimum atomic E-state index is -0.464. The normalized spacial score (nSPS) is 11.5. The molecule has 3 aromatic carbocycles. The van der Waals surface area contributed by atoms with Crippen LogP contribution in [0.1, 0.15) is 11.1 Å². The number of amides is 1. The van der Waals surface area contributed by atoms with Gasteiger partial charge in [-0.1, -0.05) is 54.1 Å². The Hall–Kier alpha value is -4.45. The van der Waals surface area contributed by atoms with Crippen molar-refractivity contribution in [3.63, 3.8) is 0 Å². The van der Waals surface area contributed by atoms with Crippen molar-refractivity contribution in [1.82, 2.24) is 9.55 Å². The molecule has 1 heterocycles. The van der Waals surface area contributed by atoms with Crippen molar-refractivity contribution >= 4 is 23.5 Å². The second kappa shape index (κ2) is 9.78. The zero-order chi connectivity index (χ0) is 23.2. The van der Waals surface area contributed by atoms with E-state index in [4.69, 9.17) is 10.1 Å². The van der Waals surface area contributed by atoms with E-state index in [9.17, 15) is 4.79 Å². The maximum atomic E-state index is 13.2. The van der Waals surface area contributed by atoms with Crippen LogP contribution in [-0.4, -0.2) is 21.7 Å². The molecule has 6 nitrogen and oxygen atoms in total. The summed E-state index contributed by atoms with van der Waals surface area (Å²) in [5, 5.41) is 10.8. The second-order valence-corrected chi connectivity index (χ2v) is 7.59. The number of rotatable bonds is 7. The lowest BCUT2D eigenvalue weighted by Crippen LogP contribution is -2.21. The molecule has 164 valence electrons. The highest BCUT2D eigenvalue weighted by molar-refractivity contribution is 6.15. The summed E-state index contributed by atoms with van der Waals surface area (Å²) in [7, 11) is 0. The molecule has 0 atom stereocenters. The number of aryl methyl sites for hydroxylation is 2. The van der Waals surface area contributed by atoms with Crippen LogP contribution in [0.2, 0.25) is 0 Å². The van der Waals surface area contributed by atoms with E-state index in [2.05, 4.69) is 29.4 Å². The highest BCUT2D eigenvalue weighted by Gasteiger charge is 2.19. The van der Waals surface area contributed by atoms with Gasteiger partial charge in [0.2, 0.25) is 5.76 Å². The fourth-order valence-corrected chi connectivity index (χ4v) is 3.42. The molecule has 0 aliphatic rings. The van der Waals surface area contributed by atoms with Crippen LogP contribution in [0.3, 0.4) is 0 Å². The van der Waals surface area contributed by atoms with Gasteiger partial charge < -0.3 is 20.0 Å². The summed E-state index contributed by atoms with van der Waals surface area (Å²) < 4.78 is 7.61. The molecule has 4 rings (SSSR count). The first-order chi connectivity index (χ1) is 16.0. The highest BCUT2D eigenvalue weighted by Crippen LogP contribution is 2.27. The highest BCUT2D eigenvalue weighted by atomic mass is 16.5. The van der Waals surface area contributed by atoms with E-state index in [0.717, 1.165) is 22.9 Å². The summed E-state index contributed by atoms with van der Waals surface area (Å²) >= 11 is 0. The number of ether oxygens (including phenoxy) is 1. The summed E-state index contributed by atoms with van der Waals surface area (Å²) in [5.41, 5.74) is 5.35. The van der Waals surface area contributed by atoms with Crippen molar-refractivity contribution < 1.29 is 9.53 Å². The van der Waals surface area contributed by atoms with E-state index < -0.39 is 5.91 Å². The molecule has 0 unspecified atom stereocenters. The third kappa shape index (κ3) is 5.07. The predicted octanol–water partition coefficient (Wildman–Crippen LogP) is 5.70. The Labute approximate surface area is 192 Å². The maximum Gasteiger partial charge on any atom is 0.293 e. The van der Waals surface area contributed by atoms with Gasteiger partial charge in [-0.05, 0) is 54.8 Å². The van der Waals surface area contributed by atoms with Gasteiger partial charge in [-0.3, -0.25) is 4.79 Å². The van der Waals surface area contributed by atoms with Crippen molar-refractivity contribution in [2.24, 2.45) is 0 Å². The van der Waals surface area contributed by atoms with Gasteiger partial charge in [0.05, 0.1) is 6.33 Å². The number of carbonyl (C=O) groups excluding carboxylic acids is 1. The van der Waals surface area contributed by atoms with Crippen LogP contribution >= 0.6 is 0 Å². The van der Waals surface area contributed by atoms with E-state index in [1.54, 1.807) is 17.0 Å². The van der Waals surface area contributed by atoms with Gasteiger partial charge in [0.1, 0.15) is 11.4 Å². The Kier molecular flexibility index (Phi) is 6.45. The number of hydrogen-bond acceptors (Lipinski definition) is 4. The van der Waals surface area contributed by atoms with Gasteiger partial charge in [0.15, 0.2) is 0 Å². The third-order valence-electron chi connectivity index (χ3n) is 5.20. The van der Waals surface area contributed by atoms with Gasteiger partial charge in [0.25, 0.3) is 5.91 Å². The summed E-state index contributed by atoms with van der Waals surface area (Å²) in [6, 6.07) is 23.2. The minimum Gasteiger partial charge on any atom is -0.449 e. The number of aromatic nitrogens is 2. The molecule has 1 amide bonds. The van der Waals surface area contributed by atoms with Gasteiger partial charge in [-0.25, -0.2) is 4.98 Å². The van der Waals surface area contributed by atoms with E-state index in [-0.39, 0.29) is 11.5 Å². The lowest BCUT2D eigenvalue weighted by atomic mass is 10.0. The molecule has 0 radical (unpaired) electrons. The van der Waals surface area contributed by atoms with Crippen LogP contribution in [0.4, 0.5) is 5.69 Å². The van der Waals surface area contributed by atoms with Crippen molar-refractivity contribution in [1.29, 1.82) is 5.41 Å². The van der Waals surface area contributed by atoms with Crippen LogP contribution in [-0.2, 0) is 4.79 Å². The van der Waals surface area contributed by atoms with Gasteiger partial charge in [-0.2, -0.15) is 0 Å². The Morgan fingerprint density at radius 1 is 1.00 bits per heavy atom. The lowest BCUT2D eigenvalue weighted by Gasteiger charge is -2.15. The summed E-state index contributed by atoms with van der Waals surface area (Å²) in [4.78, 5) is 17.2. The molecule has 6 heteroatoms. The Bertz CT molecular complexity index is 1290. The first-order valence-electron chi connectivity index (χ1n) is 10.5. The number of benzene rings is 3. The SMILES string of the molecule is Cc1ccc(NC(=O)/C(Oc2ccc(-c3ccccc3C)cc2)=C(\C=N)n2ccnc2)cc1. The Morgan fingerprint density at radius 2 is 1.73 bits per heavy atom. The smallest absolute Gasteiger partial charge is 0.293 e. The molecule has 0 saturated carbocycles. The standard InChI is InChI=1S/C27H24N4O2/c1-19-7-11-22(12-8-19)30-27(32)26(25(17-28)31-16-15-29-18-31)33-23-13-9-21(10-14-23)24-6-4-3-5-20(24)2/h3-18,28H,1-2H3,(H,30,32)/b26-25-,28-17?. The monoisotopic (exact) mass is 436 g/mol. The van der Waals surface area contributed by atoms with Crippen LogP contribution < -0.4 is 10.1 Å². The van der Waals surface area contributed by atoms with Crippen LogP contribution in [0, 0.1) is 19.3 Å². The quantitative estimate of drug-likeness (QED) is 0.221. The molecule has 0 saturated heterocycles. The first kappa shape index (κ1) is 21.8. The Balaban J connectivity index is 1.66. The molecule has 2 N–H and O–H groups in total. The van der Waals surface area contributed by atoms with Crippen molar-refractivity contribution in [2.45, 2.75) is 13.8 Å². The van der Waals surface area contributed by atoms with Gasteiger partial charge in [0, 0.05) is 24.3 Å². The molecule has 0 spiro atoms. The maximum absolute atomic E-state index is 13.2. The fourth-order valence-electron chi connectivity index (χ4n) is 3.42. The number of anilines is 1. The molecular formula is C27H24N4O2. The van der Waals surface area contributed by atoms with Crippen molar-refractivity contribution in [3.05, 3.63) is 108 Å². The van der Waals surface area contributed by atoms with E-state index in [1.165, 1.54) is 11.9 Å². The topological polar surface area (TPSA) is 80.0 Å². The molecule has 0 bridgehead atoms. The molecule has 0 aliphatic carbocycles. The molecule has 0 fully saturated rings. The first-order valence-corrected chi connectivity index (χ1v) is 10.5. The van der Waals surface area contributed by atoms with Crippen molar-refractivity contribution in [2.75, 3.05) is 5.32 Å². The molecule has 1 aromatic heterocycles. The lowest BCUT2D eigenvalue weighted by molar-refractivity contribution is -0.114. The Morgan fingerprint density at radius 3 is 2.36 bits per heavy atom. The number of imidazole rings is 1. The number of nitrogens with one attached hydrogen (secondary N) is 2. The van der Waals surface area contributed by atoms with Crippen LogP contribution in [0.25, 0.3) is 16.8 Å². The summed E-state index contributed by atoms with van der Waals surface area (Å²) in [5.74, 6) is 0.0158. The van der Waals surface area contributed by atoms with E-state index in [0.29, 0.717) is 11.4 Å². The number of allylic oxidation sites excluding steroid dienone is 1. The molecular weight excluding hydrogens is 412 g/mol. The number of hydrogen-bond donors (Lipinski definition) is 2. The molecule has 4 aromatic rings. The van der Waals surface area contributed by atoms with Crippen LogP contribution in [0.5, 0.6) is 5.75 Å². The van der Waals surface area contributed by atoms with Gasteiger partial charge in [-0.15, -0.1) is 0 Å². The minimum absolute atomic E-state index is 0.00721. The zero-order valence-electron chi connectivity index (χ0n) is 18.4. The molecule has 33 heavy (non-hydrogen) atoms.